The number of carboxylic acid groups (broad SMARTS) is 1. The van der Waals surface area contributed by atoms with Crippen molar-refractivity contribution >= 4 is 14.3 Å². The summed E-state index contributed by atoms with van der Waals surface area (Å²) in [6, 6.07) is 7.64. The number of aliphatic hydroxyl groups excluding tert-OH is 1. The van der Waals surface area contributed by atoms with Gasteiger partial charge in [0.15, 0.2) is 8.32 Å². The summed E-state index contributed by atoms with van der Waals surface area (Å²) in [5.41, 5.74) is 0.997. The number of methoxy groups -OCH3 is 1. The summed E-state index contributed by atoms with van der Waals surface area (Å²) in [7, 11) is -0.194. The third-order valence-corrected chi connectivity index (χ3v) is 11.1. The molecule has 1 aromatic rings. The molecule has 0 saturated carbocycles. The van der Waals surface area contributed by atoms with Crippen LogP contribution in [0.25, 0.3) is 0 Å². The maximum Gasteiger partial charge on any atom is 0.308 e. The lowest BCUT2D eigenvalue weighted by molar-refractivity contribution is -0.148. The molecule has 7 heteroatoms. The minimum absolute atomic E-state index is 0.150. The highest BCUT2D eigenvalue weighted by Crippen LogP contribution is 2.36. The van der Waals surface area contributed by atoms with Gasteiger partial charge in [-0.15, -0.1) is 0 Å². The molecule has 178 valence electrons. The van der Waals surface area contributed by atoms with Crippen molar-refractivity contribution in [1.29, 1.82) is 0 Å². The second-order valence-electron chi connectivity index (χ2n) is 9.93. The standard InChI is InChI=1S/C24H42O6Si/c1-17(22(25)18(2)23(26)27)21(10-9-15-30-31(7,8)24(3,4)5)29-16-19-11-13-20(28-6)14-12-19/h11-14,17-18,21-22,25H,9-10,15-16H2,1-8H3,(H,26,27)/t17-,18+,21+,22+/m0/s1. The molecule has 0 heterocycles. The Bertz CT molecular complexity index is 668. The molecule has 0 aliphatic heterocycles. The normalized spacial score (nSPS) is 16.4. The fraction of sp³-hybridized carbons (Fsp3) is 0.708. The second kappa shape index (κ2) is 12.0. The molecule has 0 aromatic heterocycles. The molecular formula is C24H42O6Si. The van der Waals surface area contributed by atoms with Crippen LogP contribution in [0.4, 0.5) is 0 Å². The first kappa shape index (κ1) is 27.6. The van der Waals surface area contributed by atoms with Gasteiger partial charge in [-0.2, -0.15) is 0 Å². The first-order valence-electron chi connectivity index (χ1n) is 11.1. The summed E-state index contributed by atoms with van der Waals surface area (Å²) in [5, 5.41) is 20.0. The first-order valence-corrected chi connectivity index (χ1v) is 14.0. The van der Waals surface area contributed by atoms with Crippen LogP contribution in [0.5, 0.6) is 5.75 Å². The van der Waals surface area contributed by atoms with Crippen LogP contribution >= 0.6 is 0 Å². The van der Waals surface area contributed by atoms with Gasteiger partial charge in [0.25, 0.3) is 0 Å². The molecule has 0 saturated heterocycles. The van der Waals surface area contributed by atoms with Crippen molar-refractivity contribution in [2.45, 2.75) is 84.4 Å². The van der Waals surface area contributed by atoms with Gasteiger partial charge in [0, 0.05) is 12.5 Å². The molecular weight excluding hydrogens is 412 g/mol. The molecule has 1 aromatic carbocycles. The summed E-state index contributed by atoms with van der Waals surface area (Å²) < 4.78 is 17.6. The van der Waals surface area contributed by atoms with E-state index in [-0.39, 0.29) is 17.1 Å². The largest absolute Gasteiger partial charge is 0.497 e. The van der Waals surface area contributed by atoms with Crippen molar-refractivity contribution in [2.75, 3.05) is 13.7 Å². The Morgan fingerprint density at radius 2 is 1.71 bits per heavy atom. The van der Waals surface area contributed by atoms with Gasteiger partial charge in [-0.05, 0) is 55.6 Å². The van der Waals surface area contributed by atoms with E-state index in [0.717, 1.165) is 17.7 Å². The van der Waals surface area contributed by atoms with E-state index in [2.05, 4.69) is 33.9 Å². The van der Waals surface area contributed by atoms with E-state index in [4.69, 9.17) is 13.9 Å². The van der Waals surface area contributed by atoms with Gasteiger partial charge >= 0.3 is 5.97 Å². The first-order chi connectivity index (χ1) is 14.3. The number of aliphatic hydroxyl groups is 1. The zero-order valence-corrected chi connectivity index (χ0v) is 21.5. The van der Waals surface area contributed by atoms with Crippen molar-refractivity contribution in [2.24, 2.45) is 11.8 Å². The Labute approximate surface area is 189 Å². The van der Waals surface area contributed by atoms with Crippen molar-refractivity contribution in [3.63, 3.8) is 0 Å². The number of carbonyl (C=O) groups is 1. The topological polar surface area (TPSA) is 85.2 Å². The molecule has 0 bridgehead atoms. The van der Waals surface area contributed by atoms with Gasteiger partial charge < -0.3 is 24.1 Å². The molecule has 0 amide bonds. The Hall–Kier alpha value is -1.41. The fourth-order valence-electron chi connectivity index (χ4n) is 3.07. The molecule has 0 unspecified atom stereocenters. The van der Waals surface area contributed by atoms with E-state index in [1.54, 1.807) is 7.11 Å². The highest BCUT2D eigenvalue weighted by molar-refractivity contribution is 6.74. The van der Waals surface area contributed by atoms with E-state index >= 15 is 0 Å². The number of carboxylic acids is 1. The SMILES string of the molecule is COc1ccc(CO[C@H](CCCO[Si](C)(C)C(C)(C)C)[C@H](C)[C@@H](O)[C@@H](C)C(=O)O)cc1. The van der Waals surface area contributed by atoms with Gasteiger partial charge in [-0.1, -0.05) is 39.8 Å². The zero-order chi connectivity index (χ0) is 23.8. The van der Waals surface area contributed by atoms with Crippen molar-refractivity contribution in [3.8, 4) is 5.75 Å². The van der Waals surface area contributed by atoms with Gasteiger partial charge in [-0.3, -0.25) is 4.79 Å². The second-order valence-corrected chi connectivity index (χ2v) is 14.7. The van der Waals surface area contributed by atoms with Gasteiger partial charge in [0.05, 0.1) is 31.8 Å². The Morgan fingerprint density at radius 1 is 1.13 bits per heavy atom. The molecule has 6 nitrogen and oxygen atoms in total. The molecule has 0 aliphatic carbocycles. The summed E-state index contributed by atoms with van der Waals surface area (Å²) in [6.45, 7) is 15.5. The number of hydrogen-bond donors (Lipinski definition) is 2. The van der Waals surface area contributed by atoms with Crippen LogP contribution in [-0.4, -0.2) is 50.4 Å². The number of hydrogen-bond acceptors (Lipinski definition) is 5. The molecule has 4 atom stereocenters. The molecule has 0 spiro atoms. The predicted molar refractivity (Wildman–Crippen MR) is 126 cm³/mol. The minimum Gasteiger partial charge on any atom is -0.497 e. The maximum atomic E-state index is 11.3. The number of rotatable bonds is 13. The zero-order valence-electron chi connectivity index (χ0n) is 20.5. The van der Waals surface area contributed by atoms with Crippen LogP contribution in [0.15, 0.2) is 24.3 Å². The smallest absolute Gasteiger partial charge is 0.308 e. The molecule has 0 radical (unpaired) electrons. The highest BCUT2D eigenvalue weighted by atomic mass is 28.4. The third kappa shape index (κ3) is 8.56. The van der Waals surface area contributed by atoms with E-state index < -0.39 is 26.3 Å². The van der Waals surface area contributed by atoms with Crippen molar-refractivity contribution in [1.82, 2.24) is 0 Å². The number of ether oxygens (including phenoxy) is 2. The van der Waals surface area contributed by atoms with E-state index in [9.17, 15) is 15.0 Å². The van der Waals surface area contributed by atoms with E-state index in [1.807, 2.05) is 31.2 Å². The average Bonchev–Trinajstić information content (AvgIpc) is 2.71. The van der Waals surface area contributed by atoms with Crippen molar-refractivity contribution in [3.05, 3.63) is 29.8 Å². The summed E-state index contributed by atoms with van der Waals surface area (Å²) in [4.78, 5) is 11.3. The summed E-state index contributed by atoms with van der Waals surface area (Å²) >= 11 is 0. The maximum absolute atomic E-state index is 11.3. The molecule has 31 heavy (non-hydrogen) atoms. The monoisotopic (exact) mass is 454 g/mol. The van der Waals surface area contributed by atoms with Crippen molar-refractivity contribution < 1.29 is 28.9 Å². The quantitative estimate of drug-likeness (QED) is 0.319. The van der Waals surface area contributed by atoms with Gasteiger partial charge in [0.2, 0.25) is 0 Å². The third-order valence-electron chi connectivity index (χ3n) is 6.55. The van der Waals surface area contributed by atoms with E-state index in [0.29, 0.717) is 19.6 Å². The number of benzene rings is 1. The lowest BCUT2D eigenvalue weighted by Gasteiger charge is -2.36. The molecule has 0 fully saturated rings. The van der Waals surface area contributed by atoms with Gasteiger partial charge in [-0.25, -0.2) is 0 Å². The van der Waals surface area contributed by atoms with Crippen LogP contribution in [0.3, 0.4) is 0 Å². The molecule has 2 N–H and O–H groups in total. The highest BCUT2D eigenvalue weighted by Gasteiger charge is 2.37. The minimum atomic E-state index is -1.82. The Balaban J connectivity index is 2.78. The van der Waals surface area contributed by atoms with Gasteiger partial charge in [0.1, 0.15) is 5.75 Å². The fourth-order valence-corrected chi connectivity index (χ4v) is 4.16. The lowest BCUT2D eigenvalue weighted by atomic mass is 9.87. The average molecular weight is 455 g/mol. The van der Waals surface area contributed by atoms with Crippen LogP contribution in [0, 0.1) is 11.8 Å². The predicted octanol–water partition coefficient (Wildman–Crippen LogP) is 5.10. The number of aliphatic carboxylic acids is 1. The van der Waals surface area contributed by atoms with E-state index in [1.165, 1.54) is 6.92 Å². The summed E-state index contributed by atoms with van der Waals surface area (Å²) in [6.07, 6.45) is 0.217. The molecule has 1 rings (SSSR count). The Morgan fingerprint density at radius 3 is 2.19 bits per heavy atom. The Kier molecular flexibility index (Phi) is 10.7. The van der Waals surface area contributed by atoms with Crippen LogP contribution in [0.2, 0.25) is 18.1 Å². The lowest BCUT2D eigenvalue weighted by Crippen LogP contribution is -2.41. The van der Waals surface area contributed by atoms with Crippen LogP contribution < -0.4 is 4.74 Å². The summed E-state index contributed by atoms with van der Waals surface area (Å²) in [5.74, 6) is -1.40. The van der Waals surface area contributed by atoms with Crippen LogP contribution in [0.1, 0.15) is 53.0 Å². The molecule has 0 aliphatic rings. The van der Waals surface area contributed by atoms with Crippen LogP contribution in [-0.2, 0) is 20.6 Å².